The van der Waals surface area contributed by atoms with Crippen molar-refractivity contribution < 1.29 is 4.74 Å². The van der Waals surface area contributed by atoms with Gasteiger partial charge in [-0.25, -0.2) is 0 Å². The Balaban J connectivity index is 1.97. The van der Waals surface area contributed by atoms with Crippen molar-refractivity contribution in [2.45, 2.75) is 63.8 Å². The van der Waals surface area contributed by atoms with Crippen LogP contribution in [0.4, 0.5) is 0 Å². The van der Waals surface area contributed by atoms with Crippen molar-refractivity contribution in [2.24, 2.45) is 0 Å². The van der Waals surface area contributed by atoms with Gasteiger partial charge in [0.1, 0.15) is 0 Å². The minimum Gasteiger partial charge on any atom is -0.385 e. The minimum atomic E-state index is 0.799. The molecule has 0 aliphatic heterocycles. The molecule has 15 heavy (non-hydrogen) atoms. The van der Waals surface area contributed by atoms with Gasteiger partial charge < -0.3 is 10.1 Å². The molecule has 0 aromatic rings. The number of hydrogen-bond donors (Lipinski definition) is 1. The van der Waals surface area contributed by atoms with E-state index in [1.165, 1.54) is 64.3 Å². The van der Waals surface area contributed by atoms with E-state index >= 15 is 0 Å². The van der Waals surface area contributed by atoms with Gasteiger partial charge in [-0.2, -0.15) is 0 Å². The average Bonchev–Trinajstić information content (AvgIpc) is 2.20. The van der Waals surface area contributed by atoms with Crippen LogP contribution >= 0.6 is 0 Å². The molecule has 1 aliphatic rings. The van der Waals surface area contributed by atoms with E-state index in [4.69, 9.17) is 4.74 Å². The number of rotatable bonds is 6. The second-order valence-electron chi connectivity index (χ2n) is 4.70. The van der Waals surface area contributed by atoms with Crippen LogP contribution in [0.25, 0.3) is 0 Å². The molecule has 0 saturated heterocycles. The zero-order valence-electron chi connectivity index (χ0n) is 10.3. The van der Waals surface area contributed by atoms with E-state index in [0.717, 1.165) is 12.6 Å². The zero-order valence-corrected chi connectivity index (χ0v) is 10.3. The maximum absolute atomic E-state index is 5.04. The highest BCUT2D eigenvalue weighted by Crippen LogP contribution is 2.16. The molecule has 2 nitrogen and oxygen atoms in total. The van der Waals surface area contributed by atoms with Crippen LogP contribution < -0.4 is 5.32 Å². The van der Waals surface area contributed by atoms with Crippen molar-refractivity contribution in [3.63, 3.8) is 0 Å². The molecule has 0 heterocycles. The van der Waals surface area contributed by atoms with Crippen LogP contribution in [0.3, 0.4) is 0 Å². The van der Waals surface area contributed by atoms with Crippen LogP contribution in [0.2, 0.25) is 0 Å². The van der Waals surface area contributed by atoms with E-state index in [0.29, 0.717) is 0 Å². The first-order chi connectivity index (χ1) is 7.43. The quantitative estimate of drug-likeness (QED) is 0.685. The summed E-state index contributed by atoms with van der Waals surface area (Å²) in [6.07, 6.45) is 12.4. The van der Waals surface area contributed by atoms with Crippen molar-refractivity contribution in [1.82, 2.24) is 5.32 Å². The summed E-state index contributed by atoms with van der Waals surface area (Å²) in [6.45, 7) is 2.08. The topological polar surface area (TPSA) is 21.3 Å². The fourth-order valence-electron chi connectivity index (χ4n) is 2.34. The third kappa shape index (κ3) is 6.91. The third-order valence-electron chi connectivity index (χ3n) is 3.31. The monoisotopic (exact) mass is 213 g/mol. The standard InChI is InChI=1S/C13H27NO/c1-15-12-8-7-11-14-13-9-5-3-2-4-6-10-13/h13-14H,2-12H2,1H3. The Morgan fingerprint density at radius 2 is 1.67 bits per heavy atom. The van der Waals surface area contributed by atoms with Crippen molar-refractivity contribution >= 4 is 0 Å². The first-order valence-corrected chi connectivity index (χ1v) is 6.66. The van der Waals surface area contributed by atoms with Crippen molar-refractivity contribution in [1.29, 1.82) is 0 Å². The molecule has 0 unspecified atom stereocenters. The van der Waals surface area contributed by atoms with Gasteiger partial charge >= 0.3 is 0 Å². The van der Waals surface area contributed by atoms with E-state index in [1.807, 2.05) is 0 Å². The molecule has 1 saturated carbocycles. The Bertz CT molecular complexity index is 130. The van der Waals surface area contributed by atoms with Gasteiger partial charge in [0.05, 0.1) is 0 Å². The second-order valence-corrected chi connectivity index (χ2v) is 4.70. The predicted molar refractivity (Wildman–Crippen MR) is 65.2 cm³/mol. The SMILES string of the molecule is COCCCCNC1CCCCCCC1. The first-order valence-electron chi connectivity index (χ1n) is 6.66. The Kier molecular flexibility index (Phi) is 7.94. The van der Waals surface area contributed by atoms with Crippen LogP contribution in [0, 0.1) is 0 Å². The molecular formula is C13H27NO. The molecule has 90 valence electrons. The Labute approximate surface area is 94.8 Å². The Morgan fingerprint density at radius 1 is 1.00 bits per heavy atom. The van der Waals surface area contributed by atoms with Gasteiger partial charge in [0.25, 0.3) is 0 Å². The highest BCUT2D eigenvalue weighted by molar-refractivity contribution is 4.69. The third-order valence-corrected chi connectivity index (χ3v) is 3.31. The molecule has 0 bridgehead atoms. The number of methoxy groups -OCH3 is 1. The van der Waals surface area contributed by atoms with Crippen LogP contribution in [0.1, 0.15) is 57.8 Å². The van der Waals surface area contributed by atoms with Crippen molar-refractivity contribution in [2.75, 3.05) is 20.3 Å². The average molecular weight is 213 g/mol. The lowest BCUT2D eigenvalue weighted by Crippen LogP contribution is -2.30. The summed E-state index contributed by atoms with van der Waals surface area (Å²) < 4.78 is 5.04. The smallest absolute Gasteiger partial charge is 0.0462 e. The number of unbranched alkanes of at least 4 members (excludes halogenated alkanes) is 1. The van der Waals surface area contributed by atoms with E-state index < -0.39 is 0 Å². The van der Waals surface area contributed by atoms with Gasteiger partial charge in [-0.1, -0.05) is 32.1 Å². The molecule has 1 fully saturated rings. The summed E-state index contributed by atoms with van der Waals surface area (Å²) in [5, 5.41) is 3.69. The van der Waals surface area contributed by atoms with Gasteiger partial charge in [-0.15, -0.1) is 0 Å². The van der Waals surface area contributed by atoms with E-state index in [1.54, 1.807) is 7.11 Å². The summed E-state index contributed by atoms with van der Waals surface area (Å²) in [6, 6.07) is 0.799. The van der Waals surface area contributed by atoms with Crippen LogP contribution in [-0.4, -0.2) is 26.3 Å². The lowest BCUT2D eigenvalue weighted by atomic mass is 9.97. The highest BCUT2D eigenvalue weighted by atomic mass is 16.5. The van der Waals surface area contributed by atoms with Crippen molar-refractivity contribution in [3.05, 3.63) is 0 Å². The van der Waals surface area contributed by atoms with Gasteiger partial charge in [0, 0.05) is 19.8 Å². The summed E-state index contributed by atoms with van der Waals surface area (Å²) in [5.41, 5.74) is 0. The van der Waals surface area contributed by atoms with Crippen molar-refractivity contribution in [3.8, 4) is 0 Å². The molecule has 1 aliphatic carbocycles. The molecule has 1 N–H and O–H groups in total. The summed E-state index contributed by atoms with van der Waals surface area (Å²) in [4.78, 5) is 0. The van der Waals surface area contributed by atoms with Gasteiger partial charge in [-0.3, -0.25) is 0 Å². The number of hydrogen-bond acceptors (Lipinski definition) is 2. The normalized spacial score (nSPS) is 19.8. The van der Waals surface area contributed by atoms with Gasteiger partial charge in [-0.05, 0) is 32.2 Å². The molecule has 1 rings (SSSR count). The second kappa shape index (κ2) is 9.17. The molecule has 0 amide bonds. The lowest BCUT2D eigenvalue weighted by molar-refractivity contribution is 0.192. The van der Waals surface area contributed by atoms with E-state index in [9.17, 15) is 0 Å². The number of nitrogens with one attached hydrogen (secondary N) is 1. The lowest BCUT2D eigenvalue weighted by Gasteiger charge is -2.20. The van der Waals surface area contributed by atoms with Gasteiger partial charge in [0.2, 0.25) is 0 Å². The summed E-state index contributed by atoms with van der Waals surface area (Å²) in [7, 11) is 1.78. The molecule has 0 aromatic heterocycles. The molecule has 0 atom stereocenters. The number of ether oxygens (including phenoxy) is 1. The molecular weight excluding hydrogens is 186 g/mol. The molecule has 0 radical (unpaired) electrons. The predicted octanol–water partition coefficient (Wildman–Crippen LogP) is 3.12. The van der Waals surface area contributed by atoms with Crippen LogP contribution in [-0.2, 0) is 4.74 Å². The largest absolute Gasteiger partial charge is 0.385 e. The minimum absolute atomic E-state index is 0.799. The Morgan fingerprint density at radius 3 is 2.33 bits per heavy atom. The zero-order chi connectivity index (χ0) is 10.8. The molecule has 2 heteroatoms. The maximum atomic E-state index is 5.04. The Hall–Kier alpha value is -0.0800. The van der Waals surface area contributed by atoms with E-state index in [2.05, 4.69) is 5.32 Å². The summed E-state index contributed by atoms with van der Waals surface area (Å²) in [5.74, 6) is 0. The summed E-state index contributed by atoms with van der Waals surface area (Å²) >= 11 is 0. The fourth-order valence-corrected chi connectivity index (χ4v) is 2.34. The highest BCUT2D eigenvalue weighted by Gasteiger charge is 2.09. The molecule has 0 aromatic carbocycles. The fraction of sp³-hybridized carbons (Fsp3) is 1.00. The van der Waals surface area contributed by atoms with Crippen LogP contribution in [0.15, 0.2) is 0 Å². The first kappa shape index (κ1) is 13.0. The van der Waals surface area contributed by atoms with E-state index in [-0.39, 0.29) is 0 Å². The van der Waals surface area contributed by atoms with Gasteiger partial charge in [0.15, 0.2) is 0 Å². The van der Waals surface area contributed by atoms with Crippen LogP contribution in [0.5, 0.6) is 0 Å². The molecule has 0 spiro atoms. The maximum Gasteiger partial charge on any atom is 0.0462 e.